The summed E-state index contributed by atoms with van der Waals surface area (Å²) in [5.41, 5.74) is 4.09. The molecule has 1 saturated heterocycles. The summed E-state index contributed by atoms with van der Waals surface area (Å²) in [6.45, 7) is 7.81. The largest absolute Gasteiger partial charge is 0.370 e. The van der Waals surface area contributed by atoms with Crippen molar-refractivity contribution in [1.82, 2.24) is 15.6 Å². The van der Waals surface area contributed by atoms with Crippen molar-refractivity contribution in [3.8, 4) is 11.3 Å². The number of aromatic nitrogens is 1. The molecule has 0 saturated carbocycles. The number of pyridine rings is 1. The summed E-state index contributed by atoms with van der Waals surface area (Å²) in [6, 6.07) is 12.8. The number of fused-ring (bicyclic) bond motifs is 1. The maximum absolute atomic E-state index is 13.7. The monoisotopic (exact) mass is 454 g/mol. The maximum Gasteiger partial charge on any atom is 0.224 e. The molecule has 168 valence electrons. The Balaban J connectivity index is 1.77. The van der Waals surface area contributed by atoms with Crippen LogP contribution in [-0.2, 0) is 11.2 Å². The summed E-state index contributed by atoms with van der Waals surface area (Å²) in [5, 5.41) is 7.38. The van der Waals surface area contributed by atoms with Crippen molar-refractivity contribution >= 4 is 34.1 Å². The summed E-state index contributed by atoms with van der Waals surface area (Å²) in [7, 11) is 0. The topological polar surface area (TPSA) is 57.3 Å². The van der Waals surface area contributed by atoms with E-state index < -0.39 is 5.82 Å². The van der Waals surface area contributed by atoms with E-state index in [2.05, 4.69) is 27.7 Å². The first-order valence-electron chi connectivity index (χ1n) is 11.0. The van der Waals surface area contributed by atoms with Crippen LogP contribution in [0.1, 0.15) is 25.8 Å². The van der Waals surface area contributed by atoms with Gasteiger partial charge in [-0.25, -0.2) is 9.37 Å². The number of nitrogens with zero attached hydrogens (tertiary/aromatic N) is 2. The van der Waals surface area contributed by atoms with Crippen molar-refractivity contribution in [3.63, 3.8) is 0 Å². The van der Waals surface area contributed by atoms with Crippen molar-refractivity contribution in [2.45, 2.75) is 32.7 Å². The van der Waals surface area contributed by atoms with Gasteiger partial charge in [-0.2, -0.15) is 0 Å². The van der Waals surface area contributed by atoms with E-state index in [1.54, 1.807) is 12.1 Å². The van der Waals surface area contributed by atoms with E-state index in [0.717, 1.165) is 54.8 Å². The molecule has 32 heavy (non-hydrogen) atoms. The maximum atomic E-state index is 13.7. The quantitative estimate of drug-likeness (QED) is 0.593. The molecule has 2 N–H and O–H groups in total. The number of hydrogen-bond acceptors (Lipinski definition) is 4. The first kappa shape index (κ1) is 22.5. The van der Waals surface area contributed by atoms with Crippen LogP contribution >= 0.6 is 11.6 Å². The fourth-order valence-corrected chi connectivity index (χ4v) is 4.26. The number of carbonyl (C=O) groups is 1. The van der Waals surface area contributed by atoms with Crippen LogP contribution in [0.5, 0.6) is 0 Å². The number of benzene rings is 2. The fraction of sp³-hybridized carbons (Fsp3) is 0.360. The third-order valence-electron chi connectivity index (χ3n) is 5.58. The van der Waals surface area contributed by atoms with Gasteiger partial charge >= 0.3 is 0 Å². The number of carbonyl (C=O) groups excluding carboxylic acids is 1. The van der Waals surface area contributed by atoms with Gasteiger partial charge in [0.15, 0.2) is 0 Å². The highest BCUT2D eigenvalue weighted by Crippen LogP contribution is 2.31. The Morgan fingerprint density at radius 3 is 2.81 bits per heavy atom. The molecule has 1 aliphatic heterocycles. The molecule has 5 nitrogen and oxygen atoms in total. The van der Waals surface area contributed by atoms with E-state index in [0.29, 0.717) is 11.3 Å². The zero-order valence-electron chi connectivity index (χ0n) is 18.4. The molecule has 4 rings (SSSR count). The molecule has 2 heterocycles. The SMILES string of the molecule is CC(C)NC(=O)Cc1cc2cc(N3CCCNCC3)ccc2nc1-c1ccc(F)c(Cl)c1. The standard InChI is InChI=1S/C25H28ClFN4O/c1-16(2)29-24(32)15-19-12-18-13-20(31-10-3-8-28-9-11-31)5-7-23(18)30-25(19)17-4-6-22(27)21(26)14-17/h4-7,12-14,16,28H,3,8-11,15H2,1-2H3,(H,29,32). The average molecular weight is 455 g/mol. The number of halogens is 2. The number of hydrogen-bond donors (Lipinski definition) is 2. The summed E-state index contributed by atoms with van der Waals surface area (Å²) in [5.74, 6) is -0.558. The van der Waals surface area contributed by atoms with Crippen LogP contribution in [0.3, 0.4) is 0 Å². The Morgan fingerprint density at radius 2 is 2.03 bits per heavy atom. The minimum atomic E-state index is -0.480. The highest BCUT2D eigenvalue weighted by Gasteiger charge is 2.16. The summed E-state index contributed by atoms with van der Waals surface area (Å²) in [4.78, 5) is 19.8. The lowest BCUT2D eigenvalue weighted by atomic mass is 10.00. The minimum absolute atomic E-state index is 0.0344. The van der Waals surface area contributed by atoms with E-state index in [9.17, 15) is 9.18 Å². The highest BCUT2D eigenvalue weighted by molar-refractivity contribution is 6.31. The van der Waals surface area contributed by atoms with Gasteiger partial charge in [-0.3, -0.25) is 4.79 Å². The Hall–Kier alpha value is -2.70. The zero-order valence-corrected chi connectivity index (χ0v) is 19.2. The molecular formula is C25H28ClFN4O. The predicted molar refractivity (Wildman–Crippen MR) is 129 cm³/mol. The lowest BCUT2D eigenvalue weighted by molar-refractivity contribution is -0.120. The van der Waals surface area contributed by atoms with Crippen LogP contribution in [0.4, 0.5) is 10.1 Å². The average Bonchev–Trinajstić information content (AvgIpc) is 3.04. The number of nitrogens with one attached hydrogen (secondary N) is 2. The molecule has 2 aromatic carbocycles. The van der Waals surface area contributed by atoms with Gasteiger partial charge in [-0.15, -0.1) is 0 Å². The van der Waals surface area contributed by atoms with E-state index in [-0.39, 0.29) is 23.4 Å². The second kappa shape index (κ2) is 9.84. The van der Waals surface area contributed by atoms with Gasteiger partial charge in [0.25, 0.3) is 0 Å². The van der Waals surface area contributed by atoms with Crippen LogP contribution in [0.2, 0.25) is 5.02 Å². The summed E-state index contributed by atoms with van der Waals surface area (Å²) >= 11 is 6.04. The van der Waals surface area contributed by atoms with Gasteiger partial charge in [-0.1, -0.05) is 11.6 Å². The third kappa shape index (κ3) is 5.19. The van der Waals surface area contributed by atoms with Crippen LogP contribution in [0.15, 0.2) is 42.5 Å². The molecule has 0 aliphatic carbocycles. The highest BCUT2D eigenvalue weighted by atomic mass is 35.5. The molecule has 3 aromatic rings. The van der Waals surface area contributed by atoms with Crippen molar-refractivity contribution in [2.75, 3.05) is 31.1 Å². The molecule has 1 aliphatic rings. The molecule has 0 radical (unpaired) electrons. The van der Waals surface area contributed by atoms with Gasteiger partial charge in [-0.05, 0) is 74.8 Å². The fourth-order valence-electron chi connectivity index (χ4n) is 4.08. The Labute approximate surface area is 193 Å². The second-order valence-corrected chi connectivity index (χ2v) is 8.90. The van der Waals surface area contributed by atoms with E-state index >= 15 is 0 Å². The van der Waals surface area contributed by atoms with Gasteiger partial charge in [0.2, 0.25) is 5.91 Å². The molecule has 0 spiro atoms. The van der Waals surface area contributed by atoms with Crippen molar-refractivity contribution in [1.29, 1.82) is 0 Å². The molecule has 0 bridgehead atoms. The molecular weight excluding hydrogens is 427 g/mol. The molecule has 1 fully saturated rings. The number of amides is 1. The van der Waals surface area contributed by atoms with Crippen LogP contribution in [-0.4, -0.2) is 43.1 Å². The lowest BCUT2D eigenvalue weighted by Crippen LogP contribution is -2.31. The zero-order chi connectivity index (χ0) is 22.7. The van der Waals surface area contributed by atoms with E-state index in [4.69, 9.17) is 16.6 Å². The van der Waals surface area contributed by atoms with Gasteiger partial charge in [0.1, 0.15) is 5.82 Å². The summed E-state index contributed by atoms with van der Waals surface area (Å²) in [6.07, 6.45) is 1.28. The minimum Gasteiger partial charge on any atom is -0.370 e. The third-order valence-corrected chi connectivity index (χ3v) is 5.87. The summed E-state index contributed by atoms with van der Waals surface area (Å²) < 4.78 is 13.7. The molecule has 1 aromatic heterocycles. The van der Waals surface area contributed by atoms with E-state index in [1.165, 1.54) is 6.07 Å². The Morgan fingerprint density at radius 1 is 1.19 bits per heavy atom. The Kier molecular flexibility index (Phi) is 6.92. The molecule has 7 heteroatoms. The van der Waals surface area contributed by atoms with Gasteiger partial charge in [0, 0.05) is 42.3 Å². The van der Waals surface area contributed by atoms with Gasteiger partial charge < -0.3 is 15.5 Å². The number of anilines is 1. The molecule has 0 atom stereocenters. The smallest absolute Gasteiger partial charge is 0.224 e. The van der Waals surface area contributed by atoms with Crippen molar-refractivity contribution < 1.29 is 9.18 Å². The second-order valence-electron chi connectivity index (χ2n) is 8.49. The lowest BCUT2D eigenvalue weighted by Gasteiger charge is -2.23. The normalized spacial score (nSPS) is 14.6. The Bertz CT molecular complexity index is 1130. The molecule has 0 unspecified atom stereocenters. The van der Waals surface area contributed by atoms with Gasteiger partial charge in [0.05, 0.1) is 22.7 Å². The van der Waals surface area contributed by atoms with Crippen molar-refractivity contribution in [3.05, 3.63) is 58.9 Å². The first-order chi connectivity index (χ1) is 15.4. The van der Waals surface area contributed by atoms with Crippen LogP contribution in [0, 0.1) is 5.82 Å². The van der Waals surface area contributed by atoms with Crippen LogP contribution < -0.4 is 15.5 Å². The van der Waals surface area contributed by atoms with E-state index in [1.807, 2.05) is 26.0 Å². The predicted octanol–water partition coefficient (Wildman–Crippen LogP) is 4.56. The van der Waals surface area contributed by atoms with Crippen LogP contribution in [0.25, 0.3) is 22.2 Å². The van der Waals surface area contributed by atoms with Crippen molar-refractivity contribution in [2.24, 2.45) is 0 Å². The first-order valence-corrected chi connectivity index (χ1v) is 11.4. The number of rotatable bonds is 5. The molecule has 1 amide bonds.